The Balaban J connectivity index is 1.62. The molecule has 1 amide bonds. The smallest absolute Gasteiger partial charge is 0.416 e. The fourth-order valence-corrected chi connectivity index (χ4v) is 5.47. The number of nitrogens with zero attached hydrogens (tertiary/aromatic N) is 1. The molecule has 1 heterocycles. The summed E-state index contributed by atoms with van der Waals surface area (Å²) in [6.07, 6.45) is -9.27. The number of aromatic carboxylic acids is 1. The van der Waals surface area contributed by atoms with E-state index in [9.17, 15) is 45.5 Å². The lowest BCUT2D eigenvalue weighted by Gasteiger charge is -2.16. The highest BCUT2D eigenvalue weighted by Crippen LogP contribution is 2.40. The quantitative estimate of drug-likeness (QED) is 0.0787. The van der Waals surface area contributed by atoms with Crippen LogP contribution in [0.4, 0.5) is 26.3 Å². The van der Waals surface area contributed by atoms with Gasteiger partial charge in [0.15, 0.2) is 6.61 Å². The number of esters is 2. The number of thiocarbonyl (C=S) groups is 1. The molecule has 1 saturated heterocycles. The Morgan fingerprint density at radius 2 is 1.52 bits per heavy atom. The third-order valence-corrected chi connectivity index (χ3v) is 7.91. The Hall–Kier alpha value is -4.90. The van der Waals surface area contributed by atoms with Crippen LogP contribution in [0.3, 0.4) is 0 Å². The van der Waals surface area contributed by atoms with Crippen LogP contribution in [-0.4, -0.2) is 58.4 Å². The average Bonchev–Trinajstić information content (AvgIpc) is 3.29. The minimum atomic E-state index is -5.09. The van der Waals surface area contributed by atoms with E-state index in [2.05, 4.69) is 4.74 Å². The van der Waals surface area contributed by atoms with Gasteiger partial charge in [0.25, 0.3) is 5.91 Å². The largest absolute Gasteiger partial charge is 0.481 e. The topological polar surface area (TPSA) is 119 Å². The zero-order chi connectivity index (χ0) is 35.4. The maximum atomic E-state index is 13.5. The summed E-state index contributed by atoms with van der Waals surface area (Å²) in [4.78, 5) is 49.4. The van der Waals surface area contributed by atoms with Gasteiger partial charge < -0.3 is 19.3 Å². The number of alkyl halides is 6. The molecule has 3 aromatic carbocycles. The molecule has 4 rings (SSSR count). The van der Waals surface area contributed by atoms with Crippen LogP contribution in [0.1, 0.15) is 33.5 Å². The number of ether oxygens (including phenoxy) is 3. The van der Waals surface area contributed by atoms with Gasteiger partial charge in [-0.15, -0.1) is 0 Å². The summed E-state index contributed by atoms with van der Waals surface area (Å²) in [7, 11) is 1.09. The molecule has 3 aromatic rings. The molecule has 1 aliphatic rings. The van der Waals surface area contributed by atoms with Crippen molar-refractivity contribution in [1.29, 1.82) is 0 Å². The lowest BCUT2D eigenvalue weighted by Crippen LogP contribution is -2.31. The van der Waals surface area contributed by atoms with Crippen LogP contribution in [0.25, 0.3) is 17.2 Å². The number of halogens is 6. The minimum absolute atomic E-state index is 0.00552. The van der Waals surface area contributed by atoms with Gasteiger partial charge in [0.2, 0.25) is 0 Å². The first-order valence-electron chi connectivity index (χ1n) is 13.4. The molecule has 48 heavy (non-hydrogen) atoms. The van der Waals surface area contributed by atoms with Crippen LogP contribution >= 0.6 is 24.0 Å². The van der Waals surface area contributed by atoms with Gasteiger partial charge in [-0.1, -0.05) is 30.0 Å². The first kappa shape index (κ1) is 35.9. The van der Waals surface area contributed by atoms with Gasteiger partial charge in [-0.2, -0.15) is 26.3 Å². The number of hydrogen-bond donors (Lipinski definition) is 1. The molecule has 0 unspecified atom stereocenters. The highest BCUT2D eigenvalue weighted by Gasteiger charge is 2.37. The van der Waals surface area contributed by atoms with Crippen molar-refractivity contribution in [3.63, 3.8) is 0 Å². The van der Waals surface area contributed by atoms with Crippen molar-refractivity contribution in [1.82, 2.24) is 4.90 Å². The minimum Gasteiger partial charge on any atom is -0.481 e. The molecule has 1 aliphatic heterocycles. The van der Waals surface area contributed by atoms with Crippen molar-refractivity contribution in [2.75, 3.05) is 20.3 Å². The number of carboxylic acids is 1. The van der Waals surface area contributed by atoms with Crippen LogP contribution in [-0.2, 0) is 31.5 Å². The van der Waals surface area contributed by atoms with Crippen LogP contribution in [0.2, 0.25) is 0 Å². The number of amides is 1. The molecular weight excluding hydrogens is 692 g/mol. The van der Waals surface area contributed by atoms with Gasteiger partial charge in [0.1, 0.15) is 15.8 Å². The number of carbonyl (C=O) groups excluding carboxylic acids is 3. The number of benzene rings is 3. The third-order valence-electron chi connectivity index (χ3n) is 6.54. The fourth-order valence-electron chi connectivity index (χ4n) is 4.17. The van der Waals surface area contributed by atoms with E-state index in [4.69, 9.17) is 26.8 Å². The Morgan fingerprint density at radius 3 is 2.08 bits per heavy atom. The monoisotopic (exact) mass is 713 g/mol. The van der Waals surface area contributed by atoms with E-state index in [1.807, 2.05) is 0 Å². The Morgan fingerprint density at radius 1 is 0.896 bits per heavy atom. The molecule has 252 valence electrons. The zero-order valence-corrected chi connectivity index (χ0v) is 25.9. The average molecular weight is 714 g/mol. The molecule has 1 N–H and O–H groups in total. The van der Waals surface area contributed by atoms with Gasteiger partial charge in [0, 0.05) is 12.1 Å². The van der Waals surface area contributed by atoms with Crippen molar-refractivity contribution in [2.24, 2.45) is 0 Å². The van der Waals surface area contributed by atoms with Crippen molar-refractivity contribution in [3.05, 3.63) is 87.8 Å². The van der Waals surface area contributed by atoms with Crippen molar-refractivity contribution < 1.29 is 64.8 Å². The zero-order valence-electron chi connectivity index (χ0n) is 24.3. The standard InChI is InChI=1S/C31H21F6NO8S2/c1-44-26(40)15-45-23-7-4-17(18-11-20(30(32,33)34)14-21(12-18)31(35,36)37)10-19(23)13-24-27(41)38(29(47)48-24)9-8-25(39)46-22-5-2-16(3-6-22)28(42)43/h2-7,10-14H,8-9,15H2,1H3,(H,42,43). The van der Waals surface area contributed by atoms with E-state index in [1.165, 1.54) is 48.5 Å². The molecule has 0 aromatic heterocycles. The van der Waals surface area contributed by atoms with Crippen LogP contribution in [0.15, 0.2) is 65.6 Å². The summed E-state index contributed by atoms with van der Waals surface area (Å²) in [5.41, 5.74) is -3.61. The van der Waals surface area contributed by atoms with Crippen LogP contribution in [0, 0.1) is 0 Å². The highest BCUT2D eigenvalue weighted by molar-refractivity contribution is 8.26. The van der Waals surface area contributed by atoms with Crippen LogP contribution < -0.4 is 9.47 Å². The molecule has 17 heteroatoms. The summed E-state index contributed by atoms with van der Waals surface area (Å²) < 4.78 is 96.2. The maximum absolute atomic E-state index is 13.5. The second-order valence-corrected chi connectivity index (χ2v) is 11.5. The summed E-state index contributed by atoms with van der Waals surface area (Å²) in [6.45, 7) is -0.829. The lowest BCUT2D eigenvalue weighted by molar-refractivity contribution is -0.144. The third kappa shape index (κ3) is 8.92. The number of thioether (sulfide) groups is 1. The van der Waals surface area contributed by atoms with Gasteiger partial charge in [-0.25, -0.2) is 9.59 Å². The summed E-state index contributed by atoms with van der Waals surface area (Å²) in [5, 5.41) is 8.98. The van der Waals surface area contributed by atoms with Gasteiger partial charge in [-0.3, -0.25) is 14.5 Å². The normalized spacial score (nSPS) is 14.3. The van der Waals surface area contributed by atoms with E-state index in [0.717, 1.165) is 23.8 Å². The molecular formula is C31H21F6NO8S2. The van der Waals surface area contributed by atoms with Crippen molar-refractivity contribution in [2.45, 2.75) is 18.8 Å². The van der Waals surface area contributed by atoms with E-state index in [-0.39, 0.29) is 56.4 Å². The predicted molar refractivity (Wildman–Crippen MR) is 163 cm³/mol. The molecule has 0 bridgehead atoms. The van der Waals surface area contributed by atoms with E-state index in [0.29, 0.717) is 12.1 Å². The first-order chi connectivity index (χ1) is 22.5. The Bertz CT molecular complexity index is 1770. The van der Waals surface area contributed by atoms with Crippen molar-refractivity contribution >= 4 is 58.2 Å². The second-order valence-electron chi connectivity index (χ2n) is 9.80. The molecule has 1 fully saturated rings. The molecule has 0 spiro atoms. The SMILES string of the molecule is COC(=O)COc1ccc(-c2cc(C(F)(F)F)cc(C(F)(F)F)c2)cc1C=C1SC(=S)N(CCC(=O)Oc2ccc(C(=O)O)cc2)C1=O. The number of hydrogen-bond acceptors (Lipinski definition) is 9. The van der Waals surface area contributed by atoms with E-state index < -0.39 is 59.5 Å². The molecule has 0 aliphatic carbocycles. The summed E-state index contributed by atoms with van der Waals surface area (Å²) >= 11 is 6.08. The van der Waals surface area contributed by atoms with Gasteiger partial charge >= 0.3 is 30.3 Å². The lowest BCUT2D eigenvalue weighted by atomic mass is 9.97. The first-order valence-corrected chi connectivity index (χ1v) is 14.6. The van der Waals surface area contributed by atoms with E-state index >= 15 is 0 Å². The number of carboxylic acid groups (broad SMARTS) is 1. The summed E-state index contributed by atoms with van der Waals surface area (Å²) in [6, 6.07) is 9.68. The Kier molecular flexibility index (Phi) is 10.8. The molecule has 0 saturated carbocycles. The van der Waals surface area contributed by atoms with E-state index in [1.54, 1.807) is 0 Å². The number of methoxy groups -OCH3 is 1. The Labute approximate surface area is 277 Å². The highest BCUT2D eigenvalue weighted by atomic mass is 32.2. The predicted octanol–water partition coefficient (Wildman–Crippen LogP) is 6.84. The maximum Gasteiger partial charge on any atom is 0.416 e. The fraction of sp³-hybridized carbons (Fsp3) is 0.194. The molecule has 9 nitrogen and oxygen atoms in total. The molecule has 0 radical (unpaired) electrons. The van der Waals surface area contributed by atoms with Gasteiger partial charge in [-0.05, 0) is 71.8 Å². The number of rotatable bonds is 10. The van der Waals surface area contributed by atoms with Crippen LogP contribution in [0.5, 0.6) is 11.5 Å². The molecule has 0 atom stereocenters. The van der Waals surface area contributed by atoms with Crippen molar-refractivity contribution in [3.8, 4) is 22.6 Å². The second kappa shape index (κ2) is 14.5. The summed E-state index contributed by atoms with van der Waals surface area (Å²) in [5.74, 6) is -3.40. The number of carbonyl (C=O) groups is 4. The van der Waals surface area contributed by atoms with Gasteiger partial charge in [0.05, 0.1) is 35.1 Å².